The molecule has 0 bridgehead atoms. The van der Waals surface area contributed by atoms with Gasteiger partial charge in [0.05, 0.1) is 10.8 Å². The molecule has 7 heteroatoms. The number of hydrogen-bond acceptors (Lipinski definition) is 4. The summed E-state index contributed by atoms with van der Waals surface area (Å²) >= 11 is 0. The molecule has 4 rings (SSSR count). The number of anilines is 1. The van der Waals surface area contributed by atoms with Crippen LogP contribution in [0.25, 0.3) is 0 Å². The van der Waals surface area contributed by atoms with Gasteiger partial charge in [0.25, 0.3) is 0 Å². The van der Waals surface area contributed by atoms with Crippen molar-refractivity contribution in [1.82, 2.24) is 9.21 Å². The molecule has 2 aromatic carbocycles. The summed E-state index contributed by atoms with van der Waals surface area (Å²) < 4.78 is 27.8. The smallest absolute Gasteiger partial charge is 0.243 e. The molecule has 1 atom stereocenters. The maximum Gasteiger partial charge on any atom is 0.243 e. The summed E-state index contributed by atoms with van der Waals surface area (Å²) in [7, 11) is -3.57. The molecule has 6 nitrogen and oxygen atoms in total. The van der Waals surface area contributed by atoms with Gasteiger partial charge in [-0.15, -0.1) is 0 Å². The molecule has 160 valence electrons. The maximum atomic E-state index is 13.1. The Morgan fingerprint density at radius 3 is 2.33 bits per heavy atom. The predicted octanol–water partition coefficient (Wildman–Crippen LogP) is 3.37. The quantitative estimate of drug-likeness (QED) is 0.794. The Labute approximate surface area is 178 Å². The van der Waals surface area contributed by atoms with Crippen molar-refractivity contribution < 1.29 is 13.2 Å². The number of nitrogens with zero attached hydrogens (tertiary/aromatic N) is 2. The second-order valence-electron chi connectivity index (χ2n) is 8.54. The maximum absolute atomic E-state index is 13.1. The minimum atomic E-state index is -3.57. The minimum absolute atomic E-state index is 0.0883. The number of hydrogen-bond donors (Lipinski definition) is 1. The third-order valence-electron chi connectivity index (χ3n) is 6.16. The first-order valence-corrected chi connectivity index (χ1v) is 12.0. The van der Waals surface area contributed by atoms with Crippen molar-refractivity contribution >= 4 is 21.6 Å². The Morgan fingerprint density at radius 2 is 1.70 bits per heavy atom. The van der Waals surface area contributed by atoms with Crippen LogP contribution in [0.2, 0.25) is 0 Å². The molecule has 2 aliphatic rings. The van der Waals surface area contributed by atoms with Gasteiger partial charge < -0.3 is 5.32 Å². The first-order valence-electron chi connectivity index (χ1n) is 10.5. The van der Waals surface area contributed by atoms with Gasteiger partial charge in [0, 0.05) is 38.4 Å². The fourth-order valence-electron chi connectivity index (χ4n) is 4.10. The lowest BCUT2D eigenvalue weighted by molar-refractivity contribution is -0.116. The summed E-state index contributed by atoms with van der Waals surface area (Å²) in [5.74, 6) is 0.104. The zero-order valence-electron chi connectivity index (χ0n) is 17.8. The van der Waals surface area contributed by atoms with Crippen molar-refractivity contribution in [1.29, 1.82) is 0 Å². The van der Waals surface area contributed by atoms with E-state index < -0.39 is 10.0 Å². The van der Waals surface area contributed by atoms with E-state index in [2.05, 4.69) is 48.3 Å². The van der Waals surface area contributed by atoms with Crippen LogP contribution in [0.5, 0.6) is 0 Å². The minimum Gasteiger partial charge on any atom is -0.325 e. The van der Waals surface area contributed by atoms with Gasteiger partial charge in [0.2, 0.25) is 15.9 Å². The molecule has 30 heavy (non-hydrogen) atoms. The molecule has 0 spiro atoms. The Bertz CT molecular complexity index is 1040. The lowest BCUT2D eigenvalue weighted by Crippen LogP contribution is -2.48. The molecule has 0 aliphatic carbocycles. The SMILES string of the molecule is CC(C)c1ccc(CN2CCN(S(=O)(=O)c3ccc4c(c3)[C@H](C)C(=O)N4)CC2)cc1. The average molecular weight is 428 g/mol. The van der Waals surface area contributed by atoms with Crippen molar-refractivity contribution in [3.05, 3.63) is 59.2 Å². The van der Waals surface area contributed by atoms with Gasteiger partial charge in [-0.3, -0.25) is 9.69 Å². The molecule has 1 amide bonds. The van der Waals surface area contributed by atoms with Crippen molar-refractivity contribution in [2.45, 2.75) is 44.0 Å². The van der Waals surface area contributed by atoms with Gasteiger partial charge in [-0.05, 0) is 47.7 Å². The van der Waals surface area contributed by atoms with Gasteiger partial charge in [-0.2, -0.15) is 4.31 Å². The summed E-state index contributed by atoms with van der Waals surface area (Å²) in [5, 5.41) is 2.79. The van der Waals surface area contributed by atoms with Crippen LogP contribution in [0.4, 0.5) is 5.69 Å². The monoisotopic (exact) mass is 427 g/mol. The fraction of sp³-hybridized carbons (Fsp3) is 0.435. The lowest BCUT2D eigenvalue weighted by Gasteiger charge is -2.34. The summed E-state index contributed by atoms with van der Waals surface area (Å²) in [6.45, 7) is 9.33. The largest absolute Gasteiger partial charge is 0.325 e. The number of amides is 1. The Balaban J connectivity index is 1.40. The second kappa shape index (κ2) is 8.13. The molecule has 0 aromatic heterocycles. The van der Waals surface area contributed by atoms with Crippen LogP contribution in [0, 0.1) is 0 Å². The molecule has 2 aromatic rings. The van der Waals surface area contributed by atoms with E-state index in [1.807, 2.05) is 0 Å². The predicted molar refractivity (Wildman–Crippen MR) is 118 cm³/mol. The van der Waals surface area contributed by atoms with E-state index in [4.69, 9.17) is 0 Å². The van der Waals surface area contributed by atoms with Crippen LogP contribution >= 0.6 is 0 Å². The van der Waals surface area contributed by atoms with Crippen LogP contribution in [-0.2, 0) is 21.4 Å². The lowest BCUT2D eigenvalue weighted by atomic mass is 10.0. The molecular formula is C23H29N3O3S. The van der Waals surface area contributed by atoms with Gasteiger partial charge in [0.1, 0.15) is 0 Å². The van der Waals surface area contributed by atoms with Crippen LogP contribution in [0.3, 0.4) is 0 Å². The van der Waals surface area contributed by atoms with Gasteiger partial charge in [-0.25, -0.2) is 8.42 Å². The standard InChI is InChI=1S/C23H29N3O3S/c1-16(2)19-6-4-18(5-7-19)15-25-10-12-26(13-11-25)30(28,29)20-8-9-22-21(14-20)17(3)23(27)24-22/h4-9,14,16-17H,10-13,15H2,1-3H3,(H,24,27)/t17-/m0/s1. The number of carbonyl (C=O) groups is 1. The molecule has 1 saturated heterocycles. The van der Waals surface area contributed by atoms with Crippen LogP contribution in [0.15, 0.2) is 47.4 Å². The van der Waals surface area contributed by atoms with Crippen molar-refractivity contribution in [2.24, 2.45) is 0 Å². The topological polar surface area (TPSA) is 69.7 Å². The van der Waals surface area contributed by atoms with E-state index in [0.29, 0.717) is 37.8 Å². The Kier molecular flexibility index (Phi) is 5.70. The van der Waals surface area contributed by atoms with Crippen LogP contribution in [-0.4, -0.2) is 49.7 Å². The zero-order valence-corrected chi connectivity index (χ0v) is 18.6. The zero-order chi connectivity index (χ0) is 21.5. The number of nitrogens with one attached hydrogen (secondary N) is 1. The summed E-state index contributed by atoms with van der Waals surface area (Å²) in [4.78, 5) is 14.4. The van der Waals surface area contributed by atoms with E-state index in [0.717, 1.165) is 12.1 Å². The number of rotatable bonds is 5. The highest BCUT2D eigenvalue weighted by Gasteiger charge is 2.32. The second-order valence-corrected chi connectivity index (χ2v) is 10.5. The number of benzene rings is 2. The van der Waals surface area contributed by atoms with Gasteiger partial charge in [-0.1, -0.05) is 38.1 Å². The summed E-state index contributed by atoms with van der Waals surface area (Å²) in [5.41, 5.74) is 4.04. The van der Waals surface area contributed by atoms with Crippen LogP contribution < -0.4 is 5.32 Å². The van der Waals surface area contributed by atoms with E-state index in [-0.39, 0.29) is 16.7 Å². The normalized spacial score (nSPS) is 20.4. The molecule has 0 radical (unpaired) electrons. The fourth-order valence-corrected chi connectivity index (χ4v) is 5.56. The number of fused-ring (bicyclic) bond motifs is 1. The summed E-state index contributed by atoms with van der Waals surface area (Å²) in [6, 6.07) is 13.6. The third-order valence-corrected chi connectivity index (χ3v) is 8.06. The third kappa shape index (κ3) is 4.02. The van der Waals surface area contributed by atoms with Crippen molar-refractivity contribution in [3.8, 4) is 0 Å². The number of piperazine rings is 1. The van der Waals surface area contributed by atoms with Crippen molar-refractivity contribution in [3.63, 3.8) is 0 Å². The van der Waals surface area contributed by atoms with E-state index >= 15 is 0 Å². The molecule has 2 aliphatic heterocycles. The molecule has 2 heterocycles. The van der Waals surface area contributed by atoms with E-state index in [1.165, 1.54) is 11.1 Å². The molecule has 0 unspecified atom stereocenters. The van der Waals surface area contributed by atoms with Crippen molar-refractivity contribution in [2.75, 3.05) is 31.5 Å². The Hall–Kier alpha value is -2.22. The van der Waals surface area contributed by atoms with E-state index in [1.54, 1.807) is 29.4 Å². The average Bonchev–Trinajstić information content (AvgIpc) is 3.02. The molecular weight excluding hydrogens is 398 g/mol. The Morgan fingerprint density at radius 1 is 1.03 bits per heavy atom. The molecule has 1 fully saturated rings. The summed E-state index contributed by atoms with van der Waals surface area (Å²) in [6.07, 6.45) is 0. The van der Waals surface area contributed by atoms with Gasteiger partial charge >= 0.3 is 0 Å². The first kappa shape index (κ1) is 21.0. The van der Waals surface area contributed by atoms with E-state index in [9.17, 15) is 13.2 Å². The number of sulfonamides is 1. The highest BCUT2D eigenvalue weighted by Crippen LogP contribution is 2.34. The molecule has 1 N–H and O–H groups in total. The highest BCUT2D eigenvalue weighted by molar-refractivity contribution is 7.89. The van der Waals surface area contributed by atoms with Gasteiger partial charge in [0.15, 0.2) is 0 Å². The highest BCUT2D eigenvalue weighted by atomic mass is 32.2. The molecule has 0 saturated carbocycles. The van der Waals surface area contributed by atoms with Crippen LogP contribution in [0.1, 0.15) is 49.3 Å². The first-order chi connectivity index (χ1) is 14.3. The number of carbonyl (C=O) groups excluding carboxylic acids is 1.